The predicted molar refractivity (Wildman–Crippen MR) is 117 cm³/mol. The molecule has 0 bridgehead atoms. The number of aliphatic hydroxyl groups is 1. The first-order chi connectivity index (χ1) is 14.6. The third-order valence-electron chi connectivity index (χ3n) is 5.43. The number of nitriles is 1. The van der Waals surface area contributed by atoms with Gasteiger partial charge in [-0.05, 0) is 48.7 Å². The Labute approximate surface area is 179 Å². The van der Waals surface area contributed by atoms with Crippen LogP contribution in [0.1, 0.15) is 24.0 Å². The van der Waals surface area contributed by atoms with Crippen molar-refractivity contribution in [1.82, 2.24) is 10.2 Å². The van der Waals surface area contributed by atoms with E-state index in [-0.39, 0.29) is 12.6 Å². The topological polar surface area (TPSA) is 94.3 Å². The van der Waals surface area contributed by atoms with Crippen molar-refractivity contribution in [3.8, 4) is 11.8 Å². The number of anilines is 2. The van der Waals surface area contributed by atoms with Crippen LogP contribution in [0.5, 0.6) is 5.75 Å². The van der Waals surface area contributed by atoms with Crippen LogP contribution < -0.4 is 15.0 Å². The van der Waals surface area contributed by atoms with Gasteiger partial charge in [0.25, 0.3) is 0 Å². The molecule has 1 aromatic heterocycles. The molecule has 1 aliphatic rings. The fourth-order valence-corrected chi connectivity index (χ4v) is 4.14. The lowest BCUT2D eigenvalue weighted by molar-refractivity contribution is 0.266. The second-order valence-electron chi connectivity index (χ2n) is 7.24. The van der Waals surface area contributed by atoms with Crippen molar-refractivity contribution in [2.75, 3.05) is 30.5 Å². The number of methoxy groups -OCH3 is 1. The number of halogens is 1. The van der Waals surface area contributed by atoms with Crippen LogP contribution >= 0.6 is 11.6 Å². The van der Waals surface area contributed by atoms with Crippen LogP contribution in [0.2, 0.25) is 5.02 Å². The summed E-state index contributed by atoms with van der Waals surface area (Å²) in [4.78, 5) is 2.11. The molecule has 1 fully saturated rings. The summed E-state index contributed by atoms with van der Waals surface area (Å²) in [5, 5.41) is 33.5. The predicted octanol–water partition coefficient (Wildman–Crippen LogP) is 3.74. The Morgan fingerprint density at radius 2 is 2.13 bits per heavy atom. The van der Waals surface area contributed by atoms with E-state index in [0.717, 1.165) is 41.5 Å². The number of fused-ring (bicyclic) bond motifs is 1. The average Bonchev–Trinajstić information content (AvgIpc) is 3.25. The molecule has 1 aliphatic heterocycles. The molecule has 0 spiro atoms. The third-order valence-corrected chi connectivity index (χ3v) is 5.72. The van der Waals surface area contributed by atoms with Crippen LogP contribution in [0, 0.1) is 11.3 Å². The number of ether oxygens (including phenoxy) is 1. The van der Waals surface area contributed by atoms with Gasteiger partial charge in [-0.15, -0.1) is 10.2 Å². The highest BCUT2D eigenvalue weighted by molar-refractivity contribution is 6.32. The van der Waals surface area contributed by atoms with Crippen LogP contribution in [0.3, 0.4) is 0 Å². The van der Waals surface area contributed by atoms with Gasteiger partial charge < -0.3 is 20.1 Å². The molecular formula is C22H22ClN5O2. The molecular weight excluding hydrogens is 402 g/mol. The summed E-state index contributed by atoms with van der Waals surface area (Å²) >= 11 is 6.22. The van der Waals surface area contributed by atoms with Gasteiger partial charge in [-0.1, -0.05) is 17.7 Å². The first-order valence-electron chi connectivity index (χ1n) is 9.79. The van der Waals surface area contributed by atoms with Crippen LogP contribution in [0.25, 0.3) is 10.8 Å². The molecule has 4 rings (SSSR count). The lowest BCUT2D eigenvalue weighted by Crippen LogP contribution is -2.33. The van der Waals surface area contributed by atoms with Crippen molar-refractivity contribution >= 4 is 34.0 Å². The van der Waals surface area contributed by atoms with Gasteiger partial charge in [0.2, 0.25) is 0 Å². The smallest absolute Gasteiger partial charge is 0.159 e. The van der Waals surface area contributed by atoms with Crippen LogP contribution in [-0.4, -0.2) is 41.6 Å². The fourth-order valence-electron chi connectivity index (χ4n) is 3.86. The van der Waals surface area contributed by atoms with Crippen molar-refractivity contribution in [2.24, 2.45) is 0 Å². The lowest BCUT2D eigenvalue weighted by atomic mass is 10.1. The van der Waals surface area contributed by atoms with Gasteiger partial charge in [-0.25, -0.2) is 0 Å². The first kappa shape index (κ1) is 20.2. The highest BCUT2D eigenvalue weighted by Gasteiger charge is 2.27. The first-order valence-corrected chi connectivity index (χ1v) is 10.2. The maximum atomic E-state index is 9.71. The molecule has 2 N–H and O–H groups in total. The molecule has 2 aromatic carbocycles. The number of hydrogen-bond acceptors (Lipinski definition) is 7. The molecule has 1 atom stereocenters. The molecule has 2 heterocycles. The highest BCUT2D eigenvalue weighted by atomic mass is 35.5. The zero-order valence-electron chi connectivity index (χ0n) is 16.6. The van der Waals surface area contributed by atoms with Gasteiger partial charge >= 0.3 is 0 Å². The van der Waals surface area contributed by atoms with Crippen molar-refractivity contribution in [1.29, 1.82) is 5.26 Å². The maximum absolute atomic E-state index is 9.71. The van der Waals surface area contributed by atoms with E-state index < -0.39 is 0 Å². The van der Waals surface area contributed by atoms with E-state index in [0.29, 0.717) is 28.7 Å². The molecule has 0 radical (unpaired) electrons. The summed E-state index contributed by atoms with van der Waals surface area (Å²) in [6, 6.07) is 13.3. The largest absolute Gasteiger partial charge is 0.495 e. The fraction of sp³-hybridized carbons (Fsp3) is 0.318. The Morgan fingerprint density at radius 3 is 2.87 bits per heavy atom. The van der Waals surface area contributed by atoms with Crippen molar-refractivity contribution in [3.05, 3.63) is 52.5 Å². The quantitative estimate of drug-likeness (QED) is 0.623. The summed E-state index contributed by atoms with van der Waals surface area (Å²) in [5.74, 6) is 1.96. The number of hydrogen-bond donors (Lipinski definition) is 2. The zero-order valence-corrected chi connectivity index (χ0v) is 17.4. The Kier molecular flexibility index (Phi) is 5.88. The van der Waals surface area contributed by atoms with Gasteiger partial charge in [-0.3, -0.25) is 0 Å². The molecule has 0 unspecified atom stereocenters. The standard InChI is InChI=1S/C22H22ClN5O2/c1-30-20-7-5-15(10-19(20)23)12-25-21-18-9-14(11-24)4-6-17(18)22(27-26-21)28-8-2-3-16(28)13-29/h4-7,9-10,16,29H,2-3,8,12-13H2,1H3,(H,25,26)/t16-/m0/s1. The maximum Gasteiger partial charge on any atom is 0.159 e. The molecule has 30 heavy (non-hydrogen) atoms. The van der Waals surface area contributed by atoms with Crippen LogP contribution in [0.15, 0.2) is 36.4 Å². The summed E-state index contributed by atoms with van der Waals surface area (Å²) in [6.07, 6.45) is 1.93. The lowest BCUT2D eigenvalue weighted by Gasteiger charge is -2.25. The SMILES string of the molecule is COc1ccc(CNc2nnc(N3CCC[C@H]3CO)c3ccc(C#N)cc23)cc1Cl. The molecule has 0 amide bonds. The highest BCUT2D eigenvalue weighted by Crippen LogP contribution is 2.33. The molecule has 0 aliphatic carbocycles. The monoisotopic (exact) mass is 423 g/mol. The normalized spacial score (nSPS) is 15.9. The van der Waals surface area contributed by atoms with E-state index in [1.54, 1.807) is 13.2 Å². The minimum atomic E-state index is 0.0402. The van der Waals surface area contributed by atoms with E-state index >= 15 is 0 Å². The Balaban J connectivity index is 1.69. The number of aromatic nitrogens is 2. The van der Waals surface area contributed by atoms with Crippen molar-refractivity contribution in [2.45, 2.75) is 25.4 Å². The minimum Gasteiger partial charge on any atom is -0.495 e. The number of benzene rings is 2. The molecule has 154 valence electrons. The van der Waals surface area contributed by atoms with E-state index in [4.69, 9.17) is 16.3 Å². The van der Waals surface area contributed by atoms with E-state index in [2.05, 4.69) is 26.5 Å². The molecule has 0 saturated carbocycles. The molecule has 8 heteroatoms. The average molecular weight is 424 g/mol. The van der Waals surface area contributed by atoms with Crippen LogP contribution in [-0.2, 0) is 6.54 Å². The Bertz CT molecular complexity index is 1110. The molecule has 7 nitrogen and oxygen atoms in total. The van der Waals surface area contributed by atoms with E-state index in [1.807, 2.05) is 30.3 Å². The molecule has 1 saturated heterocycles. The number of nitrogens with one attached hydrogen (secondary N) is 1. The number of aliphatic hydroxyl groups excluding tert-OH is 1. The van der Waals surface area contributed by atoms with Crippen molar-refractivity contribution in [3.63, 3.8) is 0 Å². The summed E-state index contributed by atoms with van der Waals surface area (Å²) in [7, 11) is 1.58. The number of rotatable bonds is 6. The second-order valence-corrected chi connectivity index (χ2v) is 7.65. The molecule has 3 aromatic rings. The Morgan fingerprint density at radius 1 is 1.27 bits per heavy atom. The summed E-state index contributed by atoms with van der Waals surface area (Å²) in [6.45, 7) is 1.40. The number of nitrogens with zero attached hydrogens (tertiary/aromatic N) is 4. The van der Waals surface area contributed by atoms with Gasteiger partial charge in [0, 0.05) is 23.9 Å². The van der Waals surface area contributed by atoms with E-state index in [9.17, 15) is 10.4 Å². The third kappa shape index (κ3) is 3.84. The minimum absolute atomic E-state index is 0.0402. The van der Waals surface area contributed by atoms with Gasteiger partial charge in [0.15, 0.2) is 11.6 Å². The Hall–Kier alpha value is -3.08. The van der Waals surface area contributed by atoms with Crippen molar-refractivity contribution < 1.29 is 9.84 Å². The van der Waals surface area contributed by atoms with E-state index in [1.165, 1.54) is 0 Å². The summed E-state index contributed by atoms with van der Waals surface area (Å²) < 4.78 is 5.20. The zero-order chi connectivity index (χ0) is 21.1. The van der Waals surface area contributed by atoms with Gasteiger partial charge in [0.05, 0.1) is 36.4 Å². The second kappa shape index (κ2) is 8.74. The van der Waals surface area contributed by atoms with Crippen LogP contribution in [0.4, 0.5) is 11.6 Å². The summed E-state index contributed by atoms with van der Waals surface area (Å²) in [5.41, 5.74) is 1.52. The van der Waals surface area contributed by atoms with Gasteiger partial charge in [-0.2, -0.15) is 5.26 Å². The van der Waals surface area contributed by atoms with Gasteiger partial charge in [0.1, 0.15) is 5.75 Å².